The summed E-state index contributed by atoms with van der Waals surface area (Å²) in [5.74, 6) is 2.20. The second-order valence-corrected chi connectivity index (χ2v) is 8.70. The summed E-state index contributed by atoms with van der Waals surface area (Å²) in [6.45, 7) is 3.46. The highest BCUT2D eigenvalue weighted by Crippen LogP contribution is 2.40. The van der Waals surface area contributed by atoms with Crippen LogP contribution in [0.5, 0.6) is 28.7 Å². The van der Waals surface area contributed by atoms with E-state index in [4.69, 9.17) is 28.3 Å². The van der Waals surface area contributed by atoms with E-state index in [1.54, 1.807) is 27.4 Å². The van der Waals surface area contributed by atoms with Gasteiger partial charge in [-0.1, -0.05) is 6.92 Å². The van der Waals surface area contributed by atoms with Gasteiger partial charge in [-0.15, -0.1) is 0 Å². The molecule has 0 amide bonds. The molecule has 0 aliphatic carbocycles. The normalized spacial score (nSPS) is 16.2. The Bertz CT molecular complexity index is 1050. The summed E-state index contributed by atoms with van der Waals surface area (Å²) >= 11 is 0. The largest absolute Gasteiger partial charge is 0.493 e. The van der Waals surface area contributed by atoms with E-state index in [2.05, 4.69) is 11.8 Å². The highest BCUT2D eigenvalue weighted by Gasteiger charge is 2.28. The quantitative estimate of drug-likeness (QED) is 0.601. The Kier molecular flexibility index (Phi) is 7.37. The zero-order chi connectivity index (χ0) is 23.5. The number of ether oxygens (including phenoxy) is 4. The first-order chi connectivity index (χ1) is 15.2. The molecule has 2 N–H and O–H groups in total. The van der Waals surface area contributed by atoms with Crippen molar-refractivity contribution in [3.63, 3.8) is 0 Å². The van der Waals surface area contributed by atoms with E-state index in [9.17, 15) is 8.42 Å². The molecule has 1 aliphatic heterocycles. The molecule has 176 valence electrons. The minimum absolute atomic E-state index is 0.0988. The first-order valence-corrected chi connectivity index (χ1v) is 11.6. The number of methoxy groups -OCH3 is 4. The third-order valence-electron chi connectivity index (χ3n) is 5.62. The highest BCUT2D eigenvalue weighted by molar-refractivity contribution is 7.84. The first kappa shape index (κ1) is 24.0. The van der Waals surface area contributed by atoms with Crippen molar-refractivity contribution < 1.29 is 31.5 Å². The van der Waals surface area contributed by atoms with Gasteiger partial charge >= 0.3 is 10.3 Å². The molecule has 2 aromatic carbocycles. The number of hydrogen-bond donors (Lipinski definition) is 1. The van der Waals surface area contributed by atoms with E-state index in [1.165, 1.54) is 7.11 Å². The average molecular weight is 467 g/mol. The van der Waals surface area contributed by atoms with E-state index >= 15 is 0 Å². The van der Waals surface area contributed by atoms with E-state index in [-0.39, 0.29) is 11.8 Å². The Balaban J connectivity index is 1.93. The zero-order valence-electron chi connectivity index (χ0n) is 19.0. The Morgan fingerprint density at radius 2 is 1.50 bits per heavy atom. The second-order valence-electron chi connectivity index (χ2n) is 7.55. The minimum atomic E-state index is -4.15. The molecule has 1 unspecified atom stereocenters. The topological polar surface area (TPSA) is 110 Å². The molecule has 2 aromatic rings. The third kappa shape index (κ3) is 5.20. The van der Waals surface area contributed by atoms with Gasteiger partial charge < -0.3 is 23.1 Å². The molecule has 0 bridgehead atoms. The van der Waals surface area contributed by atoms with Gasteiger partial charge in [-0.2, -0.15) is 13.6 Å². The highest BCUT2D eigenvalue weighted by atomic mass is 32.2. The Hall–Kier alpha value is -2.69. The Morgan fingerprint density at radius 1 is 0.906 bits per heavy atom. The minimum Gasteiger partial charge on any atom is -0.493 e. The summed E-state index contributed by atoms with van der Waals surface area (Å²) in [4.78, 5) is 2.36. The lowest BCUT2D eigenvalue weighted by atomic mass is 9.91. The maximum Gasteiger partial charge on any atom is 0.380 e. The lowest BCUT2D eigenvalue weighted by molar-refractivity contribution is 0.157. The van der Waals surface area contributed by atoms with E-state index < -0.39 is 10.3 Å². The first-order valence-electron chi connectivity index (χ1n) is 10.2. The van der Waals surface area contributed by atoms with Crippen LogP contribution in [0.4, 0.5) is 0 Å². The molecule has 3 rings (SSSR count). The van der Waals surface area contributed by atoms with Gasteiger partial charge in [-0.3, -0.25) is 4.90 Å². The summed E-state index contributed by atoms with van der Waals surface area (Å²) in [7, 11) is 2.09. The monoisotopic (exact) mass is 466 g/mol. The van der Waals surface area contributed by atoms with Crippen LogP contribution in [-0.2, 0) is 29.8 Å². The van der Waals surface area contributed by atoms with E-state index in [0.29, 0.717) is 36.1 Å². The van der Waals surface area contributed by atoms with Crippen LogP contribution in [0.15, 0.2) is 24.3 Å². The molecule has 0 saturated carbocycles. The maximum absolute atomic E-state index is 11.4. The molecule has 0 aromatic heterocycles. The fraction of sp³-hybridized carbons (Fsp3) is 0.455. The van der Waals surface area contributed by atoms with Crippen LogP contribution < -0.4 is 28.3 Å². The number of nitrogens with zero attached hydrogens (tertiary/aromatic N) is 1. The van der Waals surface area contributed by atoms with Crippen molar-refractivity contribution in [2.75, 3.05) is 28.4 Å². The average Bonchev–Trinajstić information content (AvgIpc) is 2.76. The van der Waals surface area contributed by atoms with Crippen molar-refractivity contribution in [3.05, 3.63) is 41.0 Å². The van der Waals surface area contributed by atoms with Crippen LogP contribution in [-0.4, -0.2) is 47.8 Å². The molecule has 0 spiro atoms. The molecule has 32 heavy (non-hydrogen) atoms. The molecule has 0 saturated heterocycles. The summed E-state index contributed by atoms with van der Waals surface area (Å²) in [6.07, 6.45) is 1.66. The smallest absolute Gasteiger partial charge is 0.380 e. The van der Waals surface area contributed by atoms with Crippen LogP contribution in [0.2, 0.25) is 0 Å². The predicted molar refractivity (Wildman–Crippen MR) is 120 cm³/mol. The molecule has 1 heterocycles. The van der Waals surface area contributed by atoms with Crippen molar-refractivity contribution in [2.45, 2.75) is 38.9 Å². The fourth-order valence-electron chi connectivity index (χ4n) is 4.11. The fourth-order valence-corrected chi connectivity index (χ4v) is 4.49. The second kappa shape index (κ2) is 9.85. The van der Waals surface area contributed by atoms with Gasteiger partial charge in [0.15, 0.2) is 23.0 Å². The summed E-state index contributed by atoms with van der Waals surface area (Å²) < 4.78 is 49.5. The Labute approximate surface area is 189 Å². The number of rotatable bonds is 9. The van der Waals surface area contributed by atoms with Gasteiger partial charge in [-0.05, 0) is 53.8 Å². The number of hydrogen-bond acceptors (Lipinski definition) is 8. The van der Waals surface area contributed by atoms with Gasteiger partial charge in [0.25, 0.3) is 0 Å². The molecule has 1 atom stereocenters. The van der Waals surface area contributed by atoms with E-state index in [1.807, 2.05) is 18.2 Å². The van der Waals surface area contributed by atoms with Crippen LogP contribution >= 0.6 is 0 Å². The molecule has 0 radical (unpaired) electrons. The van der Waals surface area contributed by atoms with Crippen molar-refractivity contribution >= 4 is 10.3 Å². The molecular weight excluding hydrogens is 436 g/mol. The number of nitrogens with two attached hydrogens (primary N) is 1. The summed E-state index contributed by atoms with van der Waals surface area (Å²) in [5.41, 5.74) is 3.08. The summed E-state index contributed by atoms with van der Waals surface area (Å²) in [6, 6.07) is 7.67. The van der Waals surface area contributed by atoms with Gasteiger partial charge in [0, 0.05) is 19.1 Å². The molecule has 9 nitrogen and oxygen atoms in total. The van der Waals surface area contributed by atoms with Crippen LogP contribution in [0.25, 0.3) is 0 Å². The molecule has 0 fully saturated rings. The van der Waals surface area contributed by atoms with Crippen LogP contribution in [0, 0.1) is 0 Å². The Morgan fingerprint density at radius 3 is 2.00 bits per heavy atom. The van der Waals surface area contributed by atoms with Crippen molar-refractivity contribution in [2.24, 2.45) is 5.14 Å². The van der Waals surface area contributed by atoms with E-state index in [0.717, 1.165) is 29.5 Å². The zero-order valence-corrected chi connectivity index (χ0v) is 19.8. The summed E-state index contributed by atoms with van der Waals surface area (Å²) in [5, 5.41) is 5.05. The molecule has 10 heteroatoms. The lowest BCUT2D eigenvalue weighted by Gasteiger charge is -2.37. The van der Waals surface area contributed by atoms with Crippen molar-refractivity contribution in [1.82, 2.24) is 4.90 Å². The van der Waals surface area contributed by atoms with Gasteiger partial charge in [0.2, 0.25) is 5.75 Å². The maximum atomic E-state index is 11.4. The SMILES string of the molecule is CCC1Cc2cc(OS(N)(=O)=O)c(OC)cc2CN1Cc1cc(OC)c(OC)c(OC)c1. The van der Waals surface area contributed by atoms with Crippen LogP contribution in [0.3, 0.4) is 0 Å². The van der Waals surface area contributed by atoms with Gasteiger partial charge in [0.1, 0.15) is 0 Å². The van der Waals surface area contributed by atoms with Crippen molar-refractivity contribution in [3.8, 4) is 28.7 Å². The molecule has 1 aliphatic rings. The van der Waals surface area contributed by atoms with Crippen LogP contribution in [0.1, 0.15) is 30.0 Å². The third-order valence-corrected chi connectivity index (χ3v) is 6.03. The predicted octanol–water partition coefficient (Wildman–Crippen LogP) is 2.64. The van der Waals surface area contributed by atoms with Crippen molar-refractivity contribution in [1.29, 1.82) is 0 Å². The molecular formula is C22H30N2O7S. The number of benzene rings is 2. The standard InChI is InChI=1S/C22H30N2O7S/c1-6-17-9-15-10-19(31-32(23,25)26)18(27-2)11-16(15)13-24(17)12-14-7-20(28-3)22(30-5)21(8-14)29-4/h7-8,10-11,17H,6,9,12-13H2,1-5H3,(H2,23,25,26). The van der Waals surface area contributed by atoms with Gasteiger partial charge in [0.05, 0.1) is 28.4 Å². The van der Waals surface area contributed by atoms with Gasteiger partial charge in [-0.25, -0.2) is 0 Å². The number of fused-ring (bicyclic) bond motifs is 1. The lowest BCUT2D eigenvalue weighted by Crippen LogP contribution is -2.39.